The Morgan fingerprint density at radius 3 is 2.85 bits per heavy atom. The zero-order valence-corrected chi connectivity index (χ0v) is 11.4. The van der Waals surface area contributed by atoms with Crippen LogP contribution in [0.5, 0.6) is 0 Å². The van der Waals surface area contributed by atoms with Crippen molar-refractivity contribution in [3.63, 3.8) is 0 Å². The smallest absolute Gasteiger partial charge is 0.285 e. The Labute approximate surface area is 121 Å². The fraction of sp³-hybridized carbons (Fsp3) is 0.417. The summed E-state index contributed by atoms with van der Waals surface area (Å²) >= 11 is 0. The summed E-state index contributed by atoms with van der Waals surface area (Å²) in [6, 6.07) is 2.89. The molecule has 0 aliphatic carbocycles. The topological polar surface area (TPSA) is 84.3 Å². The predicted octanol–water partition coefficient (Wildman–Crippen LogP) is 1.64. The van der Waals surface area contributed by atoms with E-state index in [4.69, 9.17) is 0 Å². The number of hydrogen-bond donors (Lipinski definition) is 2. The highest BCUT2D eigenvalue weighted by atomic mass is 35.5. The quantitative estimate of drug-likeness (QED) is 0.657. The van der Waals surface area contributed by atoms with E-state index in [-0.39, 0.29) is 24.0 Å². The van der Waals surface area contributed by atoms with E-state index in [0.717, 1.165) is 37.6 Å². The molecule has 1 saturated heterocycles. The van der Waals surface area contributed by atoms with Crippen LogP contribution in [-0.2, 0) is 0 Å². The number of halogens is 2. The second kappa shape index (κ2) is 7.16. The van der Waals surface area contributed by atoms with E-state index in [1.165, 1.54) is 0 Å². The molecular formula is C12H15ClFN3O3. The summed E-state index contributed by atoms with van der Waals surface area (Å²) < 4.78 is 13.0. The molecule has 0 bridgehead atoms. The Hall–Kier alpha value is -1.73. The van der Waals surface area contributed by atoms with E-state index in [1.807, 2.05) is 0 Å². The first-order valence-corrected chi connectivity index (χ1v) is 6.03. The van der Waals surface area contributed by atoms with Crippen molar-refractivity contribution < 1.29 is 14.1 Å². The van der Waals surface area contributed by atoms with Crippen LogP contribution in [0.25, 0.3) is 0 Å². The summed E-state index contributed by atoms with van der Waals surface area (Å²) in [4.78, 5) is 22.0. The van der Waals surface area contributed by atoms with Gasteiger partial charge in [0.05, 0.1) is 11.0 Å². The molecule has 0 spiro atoms. The molecule has 0 radical (unpaired) electrons. The van der Waals surface area contributed by atoms with Gasteiger partial charge < -0.3 is 10.6 Å². The average Bonchev–Trinajstić information content (AvgIpc) is 2.39. The summed E-state index contributed by atoms with van der Waals surface area (Å²) in [6.45, 7) is 1.55. The molecule has 0 aromatic heterocycles. The van der Waals surface area contributed by atoms with Gasteiger partial charge in [-0.1, -0.05) is 0 Å². The second-order valence-corrected chi connectivity index (χ2v) is 4.44. The lowest BCUT2D eigenvalue weighted by molar-refractivity contribution is -0.385. The van der Waals surface area contributed by atoms with Gasteiger partial charge in [-0.15, -0.1) is 12.4 Å². The van der Waals surface area contributed by atoms with Gasteiger partial charge in [-0.3, -0.25) is 14.9 Å². The van der Waals surface area contributed by atoms with Crippen LogP contribution in [0.2, 0.25) is 0 Å². The Kier molecular flexibility index (Phi) is 5.84. The molecule has 1 fully saturated rings. The van der Waals surface area contributed by atoms with Gasteiger partial charge >= 0.3 is 0 Å². The van der Waals surface area contributed by atoms with Crippen LogP contribution >= 0.6 is 12.4 Å². The minimum Gasteiger partial charge on any atom is -0.348 e. The highest BCUT2D eigenvalue weighted by Gasteiger charge is 2.23. The third kappa shape index (κ3) is 3.88. The normalized spacial score (nSPS) is 17.9. The predicted molar refractivity (Wildman–Crippen MR) is 73.7 cm³/mol. The number of carbonyl (C=O) groups is 1. The summed E-state index contributed by atoms with van der Waals surface area (Å²) in [7, 11) is 0. The average molecular weight is 304 g/mol. The number of benzene rings is 1. The first kappa shape index (κ1) is 16.3. The molecule has 8 heteroatoms. The number of nitro groups is 1. The van der Waals surface area contributed by atoms with E-state index in [1.54, 1.807) is 0 Å². The van der Waals surface area contributed by atoms with Crippen LogP contribution in [0.15, 0.2) is 18.2 Å². The molecule has 20 heavy (non-hydrogen) atoms. The lowest BCUT2D eigenvalue weighted by atomic mass is 10.1. The highest BCUT2D eigenvalue weighted by molar-refractivity contribution is 5.98. The second-order valence-electron chi connectivity index (χ2n) is 4.44. The molecule has 1 aliphatic rings. The Bertz CT molecular complexity index is 507. The van der Waals surface area contributed by atoms with Crippen molar-refractivity contribution in [1.29, 1.82) is 0 Å². The molecule has 1 amide bonds. The molecule has 1 aromatic rings. The van der Waals surface area contributed by atoms with Crippen molar-refractivity contribution in [3.8, 4) is 0 Å². The van der Waals surface area contributed by atoms with E-state index in [9.17, 15) is 19.3 Å². The fourth-order valence-electron chi connectivity index (χ4n) is 2.09. The number of rotatable bonds is 3. The molecule has 6 nitrogen and oxygen atoms in total. The molecule has 0 unspecified atom stereocenters. The van der Waals surface area contributed by atoms with E-state index >= 15 is 0 Å². The third-order valence-electron chi connectivity index (χ3n) is 3.03. The third-order valence-corrected chi connectivity index (χ3v) is 3.03. The van der Waals surface area contributed by atoms with Crippen LogP contribution in [-0.4, -0.2) is 30.0 Å². The number of carbonyl (C=O) groups excluding carboxylic acids is 1. The van der Waals surface area contributed by atoms with Gasteiger partial charge in [-0.25, -0.2) is 4.39 Å². The van der Waals surface area contributed by atoms with Crippen LogP contribution in [0.1, 0.15) is 23.2 Å². The maximum atomic E-state index is 13.0. The zero-order chi connectivity index (χ0) is 13.8. The molecule has 1 atom stereocenters. The molecule has 1 aromatic carbocycles. The number of nitrogens with zero attached hydrogens (tertiary/aromatic N) is 1. The van der Waals surface area contributed by atoms with Crippen LogP contribution in [0.3, 0.4) is 0 Å². The van der Waals surface area contributed by atoms with Gasteiger partial charge in [0.2, 0.25) is 0 Å². The summed E-state index contributed by atoms with van der Waals surface area (Å²) in [5, 5.41) is 16.7. The van der Waals surface area contributed by atoms with E-state index < -0.39 is 22.3 Å². The number of amides is 1. The Balaban J connectivity index is 0.00000200. The summed E-state index contributed by atoms with van der Waals surface area (Å²) in [5.41, 5.74) is -0.627. The van der Waals surface area contributed by atoms with Gasteiger partial charge in [0.1, 0.15) is 11.4 Å². The number of hydrogen-bond acceptors (Lipinski definition) is 4. The maximum Gasteiger partial charge on any atom is 0.285 e. The van der Waals surface area contributed by atoms with E-state index in [0.29, 0.717) is 6.54 Å². The molecule has 2 rings (SSSR count). The SMILES string of the molecule is Cl.O=C(N[C@H]1CCCNC1)c1ccc(F)cc1[N+](=O)[O-]. The van der Waals surface area contributed by atoms with Crippen molar-refractivity contribution in [2.75, 3.05) is 13.1 Å². The minimum atomic E-state index is -0.753. The van der Waals surface area contributed by atoms with Crippen LogP contribution in [0.4, 0.5) is 10.1 Å². The maximum absolute atomic E-state index is 13.0. The lowest BCUT2D eigenvalue weighted by Gasteiger charge is -2.23. The lowest BCUT2D eigenvalue weighted by Crippen LogP contribution is -2.45. The van der Waals surface area contributed by atoms with Crippen LogP contribution in [0, 0.1) is 15.9 Å². The summed E-state index contributed by atoms with van der Waals surface area (Å²) in [6.07, 6.45) is 1.77. The van der Waals surface area contributed by atoms with E-state index in [2.05, 4.69) is 10.6 Å². The molecular weight excluding hydrogens is 289 g/mol. The number of piperidine rings is 1. The number of nitro benzene ring substituents is 1. The molecule has 0 saturated carbocycles. The first-order chi connectivity index (χ1) is 9.08. The van der Waals surface area contributed by atoms with Gasteiger partial charge in [0, 0.05) is 12.6 Å². The fourth-order valence-corrected chi connectivity index (χ4v) is 2.09. The van der Waals surface area contributed by atoms with Crippen molar-refractivity contribution in [3.05, 3.63) is 39.7 Å². The minimum absolute atomic E-state index is 0. The summed E-state index contributed by atoms with van der Waals surface area (Å²) in [5.74, 6) is -1.28. The van der Waals surface area contributed by atoms with Crippen LogP contribution < -0.4 is 10.6 Å². The van der Waals surface area contributed by atoms with Gasteiger partial charge in [0.15, 0.2) is 0 Å². The monoisotopic (exact) mass is 303 g/mol. The van der Waals surface area contributed by atoms with Gasteiger partial charge in [-0.2, -0.15) is 0 Å². The van der Waals surface area contributed by atoms with Crippen molar-refractivity contribution in [1.82, 2.24) is 10.6 Å². The zero-order valence-electron chi connectivity index (χ0n) is 10.6. The molecule has 1 aliphatic heterocycles. The highest BCUT2D eigenvalue weighted by Crippen LogP contribution is 2.20. The Morgan fingerprint density at radius 2 is 2.25 bits per heavy atom. The first-order valence-electron chi connectivity index (χ1n) is 6.03. The standard InChI is InChI=1S/C12H14FN3O3.ClH/c13-8-3-4-10(11(6-8)16(18)19)12(17)15-9-2-1-5-14-7-9;/h3-4,6,9,14H,1-2,5,7H2,(H,15,17);1H/t9-;/m0./s1. The molecule has 1 heterocycles. The van der Waals surface area contributed by atoms with Gasteiger partial charge in [-0.05, 0) is 31.5 Å². The molecule has 110 valence electrons. The van der Waals surface area contributed by atoms with Gasteiger partial charge in [0.25, 0.3) is 11.6 Å². The van der Waals surface area contributed by atoms with Crippen molar-refractivity contribution in [2.45, 2.75) is 18.9 Å². The largest absolute Gasteiger partial charge is 0.348 e. The Morgan fingerprint density at radius 1 is 1.50 bits per heavy atom. The van der Waals surface area contributed by atoms with Crippen molar-refractivity contribution >= 4 is 24.0 Å². The van der Waals surface area contributed by atoms with Crippen molar-refractivity contribution in [2.24, 2.45) is 0 Å². The number of nitrogens with one attached hydrogen (secondary N) is 2. The molecule has 2 N–H and O–H groups in total.